The van der Waals surface area contributed by atoms with Gasteiger partial charge in [-0.15, -0.1) is 5.10 Å². The summed E-state index contributed by atoms with van der Waals surface area (Å²) in [6.07, 6.45) is 1.79. The van der Waals surface area contributed by atoms with E-state index in [1.54, 1.807) is 41.2 Å². The van der Waals surface area contributed by atoms with Gasteiger partial charge in [0.25, 0.3) is 5.90 Å². The van der Waals surface area contributed by atoms with Crippen LogP contribution in [-0.4, -0.2) is 67.6 Å². The van der Waals surface area contributed by atoms with Crippen LogP contribution < -0.4 is 9.47 Å². The summed E-state index contributed by atoms with van der Waals surface area (Å²) in [4.78, 5) is 26.9. The molecule has 4 aromatic carbocycles. The van der Waals surface area contributed by atoms with Crippen LogP contribution in [0.5, 0.6) is 11.6 Å². The van der Waals surface area contributed by atoms with Crippen molar-refractivity contribution in [1.29, 1.82) is 0 Å². The number of carbonyl (C=O) groups excluding carboxylic acids is 1. The first-order chi connectivity index (χ1) is 25.9. The highest BCUT2D eigenvalue weighted by molar-refractivity contribution is 6.45. The molecule has 0 spiro atoms. The van der Waals surface area contributed by atoms with Gasteiger partial charge in [-0.25, -0.2) is 9.48 Å². The SMILES string of the molecule is CO/N=C(/C(=O)OC)c1ccccc1COc1ccn(-c2ccc(Cl)cc2)n1.CO/N=C(/C1=NOCCO1)c1ccccc1COc1ccccc1C. The number of benzene rings is 4. The fourth-order valence-electron chi connectivity index (χ4n) is 5.00. The summed E-state index contributed by atoms with van der Waals surface area (Å²) in [5.41, 5.74) is 5.56. The van der Waals surface area contributed by atoms with Gasteiger partial charge in [0.05, 0.1) is 12.8 Å². The lowest BCUT2D eigenvalue weighted by atomic mass is 10.0. The van der Waals surface area contributed by atoms with E-state index in [1.807, 2.05) is 79.7 Å². The van der Waals surface area contributed by atoms with Gasteiger partial charge < -0.3 is 33.5 Å². The standard InChI is InChI=1S/C20H18ClN3O4.C19H20N2O4/c1-26-20(25)19(23-27-2)17-6-4-3-5-14(17)13-28-18-11-12-24(22-18)16-9-7-15(21)8-10-16;1-14-7-3-6-10-17(14)24-13-15-8-4-5-9-16(15)18(20-22-2)19-21-25-12-11-23-19/h3-12H,13H2,1-2H3;3-10H,11-13H2,1-2H3/b23-19+;20-18+. The van der Waals surface area contributed by atoms with E-state index in [2.05, 4.69) is 20.6 Å². The predicted octanol–water partition coefficient (Wildman–Crippen LogP) is 6.91. The van der Waals surface area contributed by atoms with Gasteiger partial charge in [0.15, 0.2) is 18.0 Å². The Morgan fingerprint density at radius 2 is 1.45 bits per heavy atom. The van der Waals surface area contributed by atoms with Crippen LogP contribution in [0.15, 0.2) is 125 Å². The minimum atomic E-state index is -0.596. The van der Waals surface area contributed by atoms with Crippen LogP contribution in [-0.2, 0) is 42.0 Å². The summed E-state index contributed by atoms with van der Waals surface area (Å²) < 4.78 is 23.8. The van der Waals surface area contributed by atoms with Crippen LogP contribution >= 0.6 is 11.6 Å². The molecule has 0 amide bonds. The maximum absolute atomic E-state index is 12.0. The van der Waals surface area contributed by atoms with E-state index in [4.69, 9.17) is 45.1 Å². The number of hydrogen-bond donors (Lipinski definition) is 0. The Kier molecular flexibility index (Phi) is 13.8. The highest BCUT2D eigenvalue weighted by atomic mass is 35.5. The van der Waals surface area contributed by atoms with Gasteiger partial charge in [-0.2, -0.15) is 0 Å². The van der Waals surface area contributed by atoms with Gasteiger partial charge in [0.1, 0.15) is 39.8 Å². The first-order valence-corrected chi connectivity index (χ1v) is 16.7. The molecule has 0 aliphatic carbocycles. The summed E-state index contributed by atoms with van der Waals surface area (Å²) >= 11 is 5.91. The van der Waals surface area contributed by atoms with Crippen molar-refractivity contribution in [3.8, 4) is 17.3 Å². The molecule has 0 saturated carbocycles. The molecule has 0 N–H and O–H groups in total. The number of aromatic nitrogens is 2. The number of ether oxygens (including phenoxy) is 4. The molecule has 274 valence electrons. The normalized spacial score (nSPS) is 12.6. The third-order valence-electron chi connectivity index (χ3n) is 7.56. The van der Waals surface area contributed by atoms with Crippen LogP contribution in [0.2, 0.25) is 5.02 Å². The third-order valence-corrected chi connectivity index (χ3v) is 7.81. The number of para-hydroxylation sites is 1. The number of aryl methyl sites for hydroxylation is 1. The summed E-state index contributed by atoms with van der Waals surface area (Å²) in [6, 6.07) is 31.9. The molecular weight excluding hydrogens is 702 g/mol. The van der Waals surface area contributed by atoms with Crippen LogP contribution in [0.3, 0.4) is 0 Å². The topological polar surface area (TPSA) is 137 Å². The van der Waals surface area contributed by atoms with Crippen molar-refractivity contribution in [2.24, 2.45) is 15.5 Å². The Morgan fingerprint density at radius 1 is 0.792 bits per heavy atom. The highest BCUT2D eigenvalue weighted by Crippen LogP contribution is 2.21. The predicted molar refractivity (Wildman–Crippen MR) is 200 cm³/mol. The average Bonchev–Trinajstić information content (AvgIpc) is 3.68. The molecule has 0 radical (unpaired) electrons. The monoisotopic (exact) mass is 739 g/mol. The molecule has 53 heavy (non-hydrogen) atoms. The van der Waals surface area contributed by atoms with Gasteiger partial charge in [0.2, 0.25) is 5.88 Å². The smallest absolute Gasteiger partial charge is 0.360 e. The van der Waals surface area contributed by atoms with Crippen molar-refractivity contribution in [1.82, 2.24) is 9.78 Å². The lowest BCUT2D eigenvalue weighted by Gasteiger charge is -2.17. The zero-order valence-corrected chi connectivity index (χ0v) is 30.4. The first kappa shape index (κ1) is 37.9. The summed E-state index contributed by atoms with van der Waals surface area (Å²) in [6.45, 7) is 3.43. The molecular formula is C39H38ClN5O8. The number of oxime groups is 3. The fraction of sp³-hybridized carbons (Fsp3) is 0.205. The minimum Gasteiger partial charge on any atom is -0.489 e. The number of hydrogen-bond acceptors (Lipinski definition) is 12. The molecule has 6 rings (SSSR count). The number of rotatable bonds is 13. The van der Waals surface area contributed by atoms with Crippen LogP contribution in [0.4, 0.5) is 0 Å². The van der Waals surface area contributed by atoms with Crippen molar-refractivity contribution in [3.05, 3.63) is 142 Å². The van der Waals surface area contributed by atoms with E-state index < -0.39 is 5.97 Å². The second-order valence-electron chi connectivity index (χ2n) is 11.0. The fourth-order valence-corrected chi connectivity index (χ4v) is 5.12. The van der Waals surface area contributed by atoms with E-state index >= 15 is 0 Å². The van der Waals surface area contributed by atoms with Crippen molar-refractivity contribution in [3.63, 3.8) is 0 Å². The summed E-state index contributed by atoms with van der Waals surface area (Å²) in [5.74, 6) is 0.989. The van der Waals surface area contributed by atoms with E-state index in [9.17, 15) is 4.79 Å². The molecule has 0 saturated heterocycles. The maximum Gasteiger partial charge on any atom is 0.360 e. The molecule has 0 atom stereocenters. The number of carbonyl (C=O) groups is 1. The lowest BCUT2D eigenvalue weighted by molar-refractivity contribution is -0.132. The summed E-state index contributed by atoms with van der Waals surface area (Å²) in [7, 11) is 4.14. The van der Waals surface area contributed by atoms with Crippen molar-refractivity contribution < 1.29 is 38.3 Å². The number of esters is 1. The molecule has 0 bridgehead atoms. The third kappa shape index (κ3) is 10.4. The van der Waals surface area contributed by atoms with Gasteiger partial charge in [-0.05, 0) is 59.1 Å². The molecule has 0 fully saturated rings. The first-order valence-electron chi connectivity index (χ1n) is 16.3. The van der Waals surface area contributed by atoms with Crippen molar-refractivity contribution >= 4 is 34.9 Å². The number of halogens is 1. The van der Waals surface area contributed by atoms with Crippen LogP contribution in [0, 0.1) is 6.92 Å². The quantitative estimate of drug-likeness (QED) is 0.0717. The second-order valence-corrected chi connectivity index (χ2v) is 11.5. The van der Waals surface area contributed by atoms with Crippen LogP contribution in [0.1, 0.15) is 27.8 Å². The number of nitrogens with zero attached hydrogens (tertiary/aromatic N) is 5. The molecule has 2 heterocycles. The van der Waals surface area contributed by atoms with Crippen LogP contribution in [0.25, 0.3) is 5.69 Å². The van der Waals surface area contributed by atoms with E-state index in [0.717, 1.165) is 33.7 Å². The van der Waals surface area contributed by atoms with E-state index in [-0.39, 0.29) is 12.3 Å². The minimum absolute atomic E-state index is 0.0656. The van der Waals surface area contributed by atoms with Gasteiger partial charge >= 0.3 is 5.97 Å². The molecule has 0 unspecified atom stereocenters. The van der Waals surface area contributed by atoms with Gasteiger partial charge in [-0.1, -0.05) is 88.6 Å². The second kappa shape index (κ2) is 19.3. The lowest BCUT2D eigenvalue weighted by Crippen LogP contribution is -2.26. The molecule has 1 aromatic heterocycles. The zero-order chi connectivity index (χ0) is 37.4. The highest BCUT2D eigenvalue weighted by Gasteiger charge is 2.22. The molecule has 1 aliphatic rings. The zero-order valence-electron chi connectivity index (χ0n) is 29.6. The Bertz CT molecular complexity index is 2060. The van der Waals surface area contributed by atoms with Crippen molar-refractivity contribution in [2.45, 2.75) is 20.1 Å². The molecule has 14 heteroatoms. The molecule has 5 aromatic rings. The Labute approximate surface area is 311 Å². The Hall–Kier alpha value is -6.34. The van der Waals surface area contributed by atoms with Gasteiger partial charge in [-0.3, -0.25) is 0 Å². The maximum atomic E-state index is 12.0. The van der Waals surface area contributed by atoms with E-state index in [1.165, 1.54) is 21.3 Å². The largest absolute Gasteiger partial charge is 0.489 e. The Balaban J connectivity index is 0.000000206. The Morgan fingerprint density at radius 3 is 2.13 bits per heavy atom. The van der Waals surface area contributed by atoms with E-state index in [0.29, 0.717) is 47.9 Å². The molecule has 1 aliphatic heterocycles. The summed E-state index contributed by atoms with van der Waals surface area (Å²) in [5, 5.41) is 16.9. The molecule has 13 nitrogen and oxygen atoms in total. The number of methoxy groups -OCH3 is 1. The average molecular weight is 740 g/mol. The van der Waals surface area contributed by atoms with Crippen molar-refractivity contribution in [2.75, 3.05) is 34.5 Å². The van der Waals surface area contributed by atoms with Gasteiger partial charge in [0, 0.05) is 28.4 Å².